The van der Waals surface area contributed by atoms with Crippen LogP contribution in [0.4, 0.5) is 0 Å². The second-order valence-electron chi connectivity index (χ2n) is 3.60. The molecule has 14 heavy (non-hydrogen) atoms. The Morgan fingerprint density at radius 1 is 1.43 bits per heavy atom. The van der Waals surface area contributed by atoms with Gasteiger partial charge >= 0.3 is 0 Å². The molecular weight excluding hydrogens is 172 g/mol. The first kappa shape index (κ1) is 10.7. The third-order valence-electron chi connectivity index (χ3n) is 2.37. The van der Waals surface area contributed by atoms with Gasteiger partial charge in [-0.25, -0.2) is 0 Å². The quantitative estimate of drug-likeness (QED) is 0.664. The lowest BCUT2D eigenvalue weighted by molar-refractivity contribution is -0.114. The topological polar surface area (TPSA) is 17.1 Å². The van der Waals surface area contributed by atoms with Gasteiger partial charge in [0.25, 0.3) is 0 Å². The Morgan fingerprint density at radius 3 is 2.79 bits per heavy atom. The monoisotopic (exact) mass is 188 g/mol. The van der Waals surface area contributed by atoms with E-state index in [0.717, 1.165) is 6.42 Å². The second kappa shape index (κ2) is 4.75. The molecule has 0 amide bonds. The summed E-state index contributed by atoms with van der Waals surface area (Å²) < 4.78 is 0. The van der Waals surface area contributed by atoms with Crippen LogP contribution in [0.25, 0.3) is 0 Å². The van der Waals surface area contributed by atoms with Crippen molar-refractivity contribution in [3.8, 4) is 0 Å². The molecule has 0 aromatic heterocycles. The van der Waals surface area contributed by atoms with Gasteiger partial charge in [-0.3, -0.25) is 4.79 Å². The highest BCUT2D eigenvalue weighted by Crippen LogP contribution is 2.12. The van der Waals surface area contributed by atoms with Gasteiger partial charge in [0.05, 0.1) is 0 Å². The fourth-order valence-electron chi connectivity index (χ4n) is 1.43. The van der Waals surface area contributed by atoms with Crippen molar-refractivity contribution in [2.75, 3.05) is 0 Å². The van der Waals surface area contributed by atoms with E-state index in [2.05, 4.69) is 38.6 Å². The summed E-state index contributed by atoms with van der Waals surface area (Å²) in [6.45, 7) is 7.61. The SMILES string of the molecule is C=CC(=O)CCc1cc(C)ccc1C. The van der Waals surface area contributed by atoms with E-state index in [1.54, 1.807) is 0 Å². The molecule has 0 aliphatic carbocycles. The van der Waals surface area contributed by atoms with Crippen LogP contribution < -0.4 is 0 Å². The normalized spacial score (nSPS) is 9.86. The fraction of sp³-hybridized carbons (Fsp3) is 0.308. The molecule has 0 bridgehead atoms. The van der Waals surface area contributed by atoms with Gasteiger partial charge < -0.3 is 0 Å². The number of benzene rings is 1. The summed E-state index contributed by atoms with van der Waals surface area (Å²) in [5, 5.41) is 0. The highest BCUT2D eigenvalue weighted by molar-refractivity contribution is 5.89. The van der Waals surface area contributed by atoms with Crippen molar-refractivity contribution >= 4 is 5.78 Å². The summed E-state index contributed by atoms with van der Waals surface area (Å²) in [4.78, 5) is 11.1. The Balaban J connectivity index is 2.71. The molecule has 0 spiro atoms. The number of hydrogen-bond acceptors (Lipinski definition) is 1. The fourth-order valence-corrected chi connectivity index (χ4v) is 1.43. The van der Waals surface area contributed by atoms with Gasteiger partial charge in [-0.2, -0.15) is 0 Å². The van der Waals surface area contributed by atoms with Gasteiger partial charge in [0.15, 0.2) is 5.78 Å². The number of rotatable bonds is 4. The number of aryl methyl sites for hydroxylation is 3. The molecule has 1 aromatic carbocycles. The minimum atomic E-state index is 0.117. The summed E-state index contributed by atoms with van der Waals surface area (Å²) in [6.07, 6.45) is 2.78. The second-order valence-corrected chi connectivity index (χ2v) is 3.60. The van der Waals surface area contributed by atoms with E-state index in [0.29, 0.717) is 6.42 Å². The molecule has 0 heterocycles. The van der Waals surface area contributed by atoms with Gasteiger partial charge in [-0.1, -0.05) is 30.3 Å². The Bertz CT molecular complexity index is 350. The molecule has 0 atom stereocenters. The Labute approximate surface area is 85.5 Å². The van der Waals surface area contributed by atoms with Crippen LogP contribution in [0.2, 0.25) is 0 Å². The number of carbonyl (C=O) groups is 1. The predicted molar refractivity (Wildman–Crippen MR) is 59.4 cm³/mol. The van der Waals surface area contributed by atoms with E-state index in [9.17, 15) is 4.79 Å². The first-order valence-corrected chi connectivity index (χ1v) is 4.85. The van der Waals surface area contributed by atoms with Crippen LogP contribution in [0.3, 0.4) is 0 Å². The van der Waals surface area contributed by atoms with Crippen LogP contribution in [-0.2, 0) is 11.2 Å². The number of carbonyl (C=O) groups excluding carboxylic acids is 1. The Hall–Kier alpha value is -1.37. The van der Waals surface area contributed by atoms with E-state index >= 15 is 0 Å². The molecule has 0 aliphatic rings. The average molecular weight is 188 g/mol. The van der Waals surface area contributed by atoms with Crippen LogP contribution in [0.15, 0.2) is 30.9 Å². The highest BCUT2D eigenvalue weighted by atomic mass is 16.1. The zero-order chi connectivity index (χ0) is 10.6. The molecule has 0 N–H and O–H groups in total. The summed E-state index contributed by atoms with van der Waals surface area (Å²) >= 11 is 0. The largest absolute Gasteiger partial charge is 0.295 e. The van der Waals surface area contributed by atoms with Crippen molar-refractivity contribution in [3.63, 3.8) is 0 Å². The summed E-state index contributed by atoms with van der Waals surface area (Å²) in [5.41, 5.74) is 3.77. The molecule has 0 unspecified atom stereocenters. The molecular formula is C13H16O. The summed E-state index contributed by atoms with van der Waals surface area (Å²) in [6, 6.07) is 6.34. The van der Waals surface area contributed by atoms with E-state index in [1.165, 1.54) is 22.8 Å². The zero-order valence-electron chi connectivity index (χ0n) is 8.84. The van der Waals surface area contributed by atoms with Crippen LogP contribution in [0, 0.1) is 13.8 Å². The number of ketones is 1. The lowest BCUT2D eigenvalue weighted by Gasteiger charge is -2.05. The number of allylic oxidation sites excluding steroid dienone is 1. The predicted octanol–water partition coefficient (Wildman–Crippen LogP) is 2.99. The first-order chi connectivity index (χ1) is 6.63. The van der Waals surface area contributed by atoms with E-state index in [4.69, 9.17) is 0 Å². The van der Waals surface area contributed by atoms with Crippen LogP contribution in [0.1, 0.15) is 23.1 Å². The third kappa shape index (κ3) is 2.84. The van der Waals surface area contributed by atoms with Crippen molar-refractivity contribution in [1.82, 2.24) is 0 Å². The molecule has 1 rings (SSSR count). The van der Waals surface area contributed by atoms with Crippen LogP contribution in [0.5, 0.6) is 0 Å². The summed E-state index contributed by atoms with van der Waals surface area (Å²) in [5.74, 6) is 0.117. The lowest BCUT2D eigenvalue weighted by atomic mass is 10.0. The molecule has 0 saturated heterocycles. The maximum absolute atomic E-state index is 11.1. The van der Waals surface area contributed by atoms with Gasteiger partial charge in [0.1, 0.15) is 0 Å². The summed E-state index contributed by atoms with van der Waals surface area (Å²) in [7, 11) is 0. The third-order valence-corrected chi connectivity index (χ3v) is 2.37. The molecule has 74 valence electrons. The molecule has 0 fully saturated rings. The molecule has 0 radical (unpaired) electrons. The van der Waals surface area contributed by atoms with Gasteiger partial charge in [0, 0.05) is 6.42 Å². The standard InChI is InChI=1S/C13H16O/c1-4-13(14)8-7-12-9-10(2)5-6-11(12)3/h4-6,9H,1,7-8H2,2-3H3. The highest BCUT2D eigenvalue weighted by Gasteiger charge is 2.01. The first-order valence-electron chi connectivity index (χ1n) is 4.85. The maximum atomic E-state index is 11.1. The van der Waals surface area contributed by atoms with E-state index in [-0.39, 0.29) is 5.78 Å². The minimum absolute atomic E-state index is 0.117. The lowest BCUT2D eigenvalue weighted by Crippen LogP contribution is -1.97. The Kier molecular flexibility index (Phi) is 3.63. The van der Waals surface area contributed by atoms with Gasteiger partial charge in [-0.05, 0) is 37.5 Å². The van der Waals surface area contributed by atoms with E-state index < -0.39 is 0 Å². The molecule has 1 heteroatoms. The average Bonchev–Trinajstić information content (AvgIpc) is 2.19. The van der Waals surface area contributed by atoms with Crippen LogP contribution in [-0.4, -0.2) is 5.78 Å². The minimum Gasteiger partial charge on any atom is -0.295 e. The zero-order valence-corrected chi connectivity index (χ0v) is 8.84. The Morgan fingerprint density at radius 2 is 2.14 bits per heavy atom. The van der Waals surface area contributed by atoms with Crippen molar-refractivity contribution < 1.29 is 4.79 Å². The van der Waals surface area contributed by atoms with Crippen molar-refractivity contribution in [2.45, 2.75) is 26.7 Å². The van der Waals surface area contributed by atoms with Crippen molar-refractivity contribution in [1.29, 1.82) is 0 Å². The van der Waals surface area contributed by atoms with Crippen molar-refractivity contribution in [3.05, 3.63) is 47.5 Å². The smallest absolute Gasteiger partial charge is 0.155 e. The van der Waals surface area contributed by atoms with Crippen molar-refractivity contribution in [2.24, 2.45) is 0 Å². The molecule has 0 saturated carbocycles. The molecule has 1 nitrogen and oxygen atoms in total. The maximum Gasteiger partial charge on any atom is 0.155 e. The van der Waals surface area contributed by atoms with E-state index in [1.807, 2.05) is 0 Å². The number of hydrogen-bond donors (Lipinski definition) is 0. The van der Waals surface area contributed by atoms with Gasteiger partial charge in [-0.15, -0.1) is 0 Å². The molecule has 1 aromatic rings. The van der Waals surface area contributed by atoms with Gasteiger partial charge in [0.2, 0.25) is 0 Å². The van der Waals surface area contributed by atoms with Crippen LogP contribution >= 0.6 is 0 Å². The molecule has 0 aliphatic heterocycles.